The van der Waals surface area contributed by atoms with Gasteiger partial charge in [-0.2, -0.15) is 0 Å². The zero-order chi connectivity index (χ0) is 14.1. The van der Waals surface area contributed by atoms with Gasteiger partial charge in [0.25, 0.3) is 0 Å². The van der Waals surface area contributed by atoms with Gasteiger partial charge in [0.1, 0.15) is 5.75 Å². The van der Waals surface area contributed by atoms with Crippen LogP contribution >= 0.6 is 15.9 Å². The average molecular weight is 331 g/mol. The molecule has 0 saturated heterocycles. The Balaban J connectivity index is 1.74. The molecule has 1 nitrogen and oxygen atoms in total. The molecule has 1 aliphatic carbocycles. The molecule has 104 valence electrons. The van der Waals surface area contributed by atoms with Crippen molar-refractivity contribution in [3.8, 4) is 5.75 Å². The summed E-state index contributed by atoms with van der Waals surface area (Å²) < 4.78 is 5.69. The predicted molar refractivity (Wildman–Crippen MR) is 86.8 cm³/mol. The van der Waals surface area contributed by atoms with Crippen molar-refractivity contribution in [1.82, 2.24) is 0 Å². The number of fused-ring (bicyclic) bond motifs is 1. The largest absolute Gasteiger partial charge is 0.491 e. The number of halogens is 1. The van der Waals surface area contributed by atoms with Crippen LogP contribution < -0.4 is 4.74 Å². The van der Waals surface area contributed by atoms with E-state index >= 15 is 0 Å². The number of hydrogen-bond acceptors (Lipinski definition) is 1. The van der Waals surface area contributed by atoms with E-state index in [9.17, 15) is 0 Å². The Morgan fingerprint density at radius 3 is 2.40 bits per heavy atom. The third kappa shape index (κ3) is 2.62. The lowest BCUT2D eigenvalue weighted by Gasteiger charge is -2.34. The summed E-state index contributed by atoms with van der Waals surface area (Å²) in [5, 5.41) is 0. The molecule has 0 aromatic heterocycles. The van der Waals surface area contributed by atoms with Crippen molar-refractivity contribution in [3.05, 3.63) is 65.2 Å². The van der Waals surface area contributed by atoms with Crippen LogP contribution in [0.2, 0.25) is 0 Å². The maximum absolute atomic E-state index is 5.69. The van der Waals surface area contributed by atoms with E-state index in [1.807, 2.05) is 13.8 Å². The third-order valence-corrected chi connectivity index (χ3v) is 4.98. The smallest absolute Gasteiger partial charge is 0.119 e. The Bertz CT molecular complexity index is 589. The number of hydrogen-bond donors (Lipinski definition) is 0. The zero-order valence-electron chi connectivity index (χ0n) is 11.8. The summed E-state index contributed by atoms with van der Waals surface area (Å²) in [5.74, 6) is 1.53. The lowest BCUT2D eigenvalue weighted by atomic mass is 9.74. The first kappa shape index (κ1) is 13.7. The molecule has 0 amide bonds. The molecule has 2 unspecified atom stereocenters. The number of alkyl halides is 1. The number of benzene rings is 2. The van der Waals surface area contributed by atoms with E-state index in [-0.39, 0.29) is 6.10 Å². The molecule has 1 aliphatic rings. The molecule has 3 rings (SSSR count). The fourth-order valence-electron chi connectivity index (χ4n) is 2.79. The van der Waals surface area contributed by atoms with Gasteiger partial charge in [-0.1, -0.05) is 52.3 Å². The molecule has 0 N–H and O–H groups in total. The molecule has 0 heterocycles. The molecule has 0 radical (unpaired) electrons. The van der Waals surface area contributed by atoms with Crippen LogP contribution in [-0.2, 0) is 6.42 Å². The Labute approximate surface area is 129 Å². The van der Waals surface area contributed by atoms with Crippen molar-refractivity contribution in [1.29, 1.82) is 0 Å². The molecule has 0 aliphatic heterocycles. The lowest BCUT2D eigenvalue weighted by molar-refractivity contribution is 0.242. The molecule has 0 bridgehead atoms. The van der Waals surface area contributed by atoms with Crippen LogP contribution in [0.4, 0.5) is 0 Å². The zero-order valence-corrected chi connectivity index (χ0v) is 13.4. The maximum Gasteiger partial charge on any atom is 0.119 e. The molecule has 2 aromatic carbocycles. The Kier molecular flexibility index (Phi) is 3.84. The van der Waals surface area contributed by atoms with Crippen LogP contribution in [0.15, 0.2) is 48.5 Å². The van der Waals surface area contributed by atoms with E-state index < -0.39 is 0 Å². The van der Waals surface area contributed by atoms with Crippen LogP contribution in [0, 0.1) is 0 Å². The van der Waals surface area contributed by atoms with Gasteiger partial charge >= 0.3 is 0 Å². The molecule has 0 spiro atoms. The van der Waals surface area contributed by atoms with Crippen LogP contribution in [0.1, 0.15) is 41.3 Å². The van der Waals surface area contributed by atoms with Crippen molar-refractivity contribution in [2.75, 3.05) is 0 Å². The fraction of sp³-hybridized carbons (Fsp3) is 0.333. The predicted octanol–water partition coefficient (Wildman–Crippen LogP) is 5.25. The first-order chi connectivity index (χ1) is 9.65. The first-order valence-electron chi connectivity index (χ1n) is 7.13. The standard InChI is InChI=1S/C18H19BrO/c1-12(2)20-15-9-7-13(8-10-15)18(19)17-11-14-5-3-4-6-16(14)17/h3-10,12,17-18H,11H2,1-2H3. The van der Waals surface area contributed by atoms with Crippen molar-refractivity contribution in [2.24, 2.45) is 0 Å². The summed E-state index contributed by atoms with van der Waals surface area (Å²) in [6, 6.07) is 17.2. The maximum atomic E-state index is 5.69. The van der Waals surface area contributed by atoms with E-state index in [2.05, 4.69) is 64.5 Å². The van der Waals surface area contributed by atoms with Gasteiger partial charge in [-0.3, -0.25) is 0 Å². The van der Waals surface area contributed by atoms with Gasteiger partial charge in [0.2, 0.25) is 0 Å². The van der Waals surface area contributed by atoms with Crippen LogP contribution in [-0.4, -0.2) is 6.10 Å². The summed E-state index contributed by atoms with van der Waals surface area (Å²) in [5.41, 5.74) is 4.29. The molecule has 0 fully saturated rings. The molecule has 2 atom stereocenters. The molecule has 2 aromatic rings. The van der Waals surface area contributed by atoms with Crippen LogP contribution in [0.3, 0.4) is 0 Å². The molecule has 0 saturated carbocycles. The minimum Gasteiger partial charge on any atom is -0.491 e. The van der Waals surface area contributed by atoms with Crippen molar-refractivity contribution < 1.29 is 4.74 Å². The SMILES string of the molecule is CC(C)Oc1ccc(C(Br)C2Cc3ccccc32)cc1. The molecule has 2 heteroatoms. The van der Waals surface area contributed by atoms with Gasteiger partial charge in [0.15, 0.2) is 0 Å². The number of ether oxygens (including phenoxy) is 1. The Hall–Kier alpha value is -1.28. The minimum atomic E-state index is 0.221. The van der Waals surface area contributed by atoms with Gasteiger partial charge < -0.3 is 4.74 Å². The average Bonchev–Trinajstić information content (AvgIpc) is 2.40. The highest BCUT2D eigenvalue weighted by molar-refractivity contribution is 9.09. The third-order valence-electron chi connectivity index (χ3n) is 3.82. The van der Waals surface area contributed by atoms with E-state index in [1.165, 1.54) is 16.7 Å². The highest BCUT2D eigenvalue weighted by Crippen LogP contribution is 2.47. The van der Waals surface area contributed by atoms with Gasteiger partial charge in [-0.25, -0.2) is 0 Å². The molecular weight excluding hydrogens is 312 g/mol. The number of rotatable bonds is 4. The fourth-order valence-corrected chi connectivity index (χ4v) is 3.57. The van der Waals surface area contributed by atoms with E-state index in [1.54, 1.807) is 0 Å². The van der Waals surface area contributed by atoms with Crippen molar-refractivity contribution >= 4 is 15.9 Å². The monoisotopic (exact) mass is 330 g/mol. The van der Waals surface area contributed by atoms with E-state index in [0.717, 1.165) is 12.2 Å². The van der Waals surface area contributed by atoms with Crippen molar-refractivity contribution in [3.63, 3.8) is 0 Å². The first-order valence-corrected chi connectivity index (χ1v) is 8.05. The summed E-state index contributed by atoms with van der Waals surface area (Å²) in [4.78, 5) is 0.380. The van der Waals surface area contributed by atoms with Gasteiger partial charge in [-0.15, -0.1) is 0 Å². The molecule has 20 heavy (non-hydrogen) atoms. The minimum absolute atomic E-state index is 0.221. The highest BCUT2D eigenvalue weighted by atomic mass is 79.9. The van der Waals surface area contributed by atoms with Gasteiger partial charge in [0, 0.05) is 10.7 Å². The Morgan fingerprint density at radius 1 is 1.05 bits per heavy atom. The Morgan fingerprint density at radius 2 is 1.75 bits per heavy atom. The van der Waals surface area contributed by atoms with Crippen LogP contribution in [0.5, 0.6) is 5.75 Å². The van der Waals surface area contributed by atoms with Crippen molar-refractivity contribution in [2.45, 2.75) is 37.1 Å². The quantitative estimate of drug-likeness (QED) is 0.695. The summed E-state index contributed by atoms with van der Waals surface area (Å²) in [7, 11) is 0. The topological polar surface area (TPSA) is 9.23 Å². The summed E-state index contributed by atoms with van der Waals surface area (Å²) in [6.45, 7) is 4.10. The second-order valence-corrected chi connectivity index (χ2v) is 6.63. The summed E-state index contributed by atoms with van der Waals surface area (Å²) >= 11 is 3.87. The van der Waals surface area contributed by atoms with Crippen LogP contribution in [0.25, 0.3) is 0 Å². The van der Waals surface area contributed by atoms with E-state index in [4.69, 9.17) is 4.74 Å². The molecular formula is C18H19BrO. The lowest BCUT2D eigenvalue weighted by Crippen LogP contribution is -2.20. The van der Waals surface area contributed by atoms with Gasteiger partial charge in [-0.05, 0) is 49.1 Å². The second-order valence-electron chi connectivity index (χ2n) is 5.65. The highest BCUT2D eigenvalue weighted by Gasteiger charge is 2.31. The van der Waals surface area contributed by atoms with Gasteiger partial charge in [0.05, 0.1) is 6.10 Å². The summed E-state index contributed by atoms with van der Waals surface area (Å²) in [6.07, 6.45) is 1.38. The second kappa shape index (κ2) is 5.61. The van der Waals surface area contributed by atoms with E-state index in [0.29, 0.717) is 10.7 Å². The normalized spacial score (nSPS) is 18.3.